The molecule has 4 rings (SSSR count). The molecule has 1 aliphatic rings. The van der Waals surface area contributed by atoms with Crippen LogP contribution in [0.5, 0.6) is 0 Å². The van der Waals surface area contributed by atoms with Crippen molar-refractivity contribution < 1.29 is 24.2 Å². The summed E-state index contributed by atoms with van der Waals surface area (Å²) >= 11 is 0. The third-order valence-electron chi connectivity index (χ3n) is 6.19. The number of carbonyl (C=O) groups excluding carboxylic acids is 1. The molecule has 1 aliphatic carbocycles. The number of fused-ring (bicyclic) bond motifs is 3. The zero-order valence-corrected chi connectivity index (χ0v) is 20.3. The van der Waals surface area contributed by atoms with Crippen molar-refractivity contribution >= 4 is 12.1 Å². The van der Waals surface area contributed by atoms with Crippen LogP contribution in [0.3, 0.4) is 0 Å². The van der Waals surface area contributed by atoms with E-state index < -0.39 is 23.2 Å². The zero-order chi connectivity index (χ0) is 25.1. The molecule has 6 nitrogen and oxygen atoms in total. The average molecular weight is 474 g/mol. The van der Waals surface area contributed by atoms with Crippen molar-refractivity contribution in [3.8, 4) is 11.1 Å². The van der Waals surface area contributed by atoms with Gasteiger partial charge in [-0.2, -0.15) is 0 Å². The lowest BCUT2D eigenvalue weighted by Crippen LogP contribution is -2.60. The first-order valence-electron chi connectivity index (χ1n) is 11.7. The van der Waals surface area contributed by atoms with E-state index >= 15 is 0 Å². The molecule has 1 atom stereocenters. The van der Waals surface area contributed by atoms with Gasteiger partial charge >= 0.3 is 12.1 Å². The molecule has 6 heteroatoms. The summed E-state index contributed by atoms with van der Waals surface area (Å²) in [5.74, 6) is -1.30. The lowest BCUT2D eigenvalue weighted by molar-refractivity contribution is -0.150. The molecule has 0 bridgehead atoms. The summed E-state index contributed by atoms with van der Waals surface area (Å²) in [7, 11) is 0. The first-order chi connectivity index (χ1) is 16.7. The average Bonchev–Trinajstić information content (AvgIpc) is 3.15. The number of ether oxygens (including phenoxy) is 2. The number of amides is 1. The summed E-state index contributed by atoms with van der Waals surface area (Å²) < 4.78 is 11.5. The second-order valence-electron chi connectivity index (χ2n) is 9.90. The highest BCUT2D eigenvalue weighted by Gasteiger charge is 2.43. The highest BCUT2D eigenvalue weighted by atomic mass is 16.6. The Morgan fingerprint density at radius 1 is 0.857 bits per heavy atom. The Hall–Kier alpha value is -3.64. The van der Waals surface area contributed by atoms with E-state index in [0.717, 1.165) is 27.8 Å². The highest BCUT2D eigenvalue weighted by Crippen LogP contribution is 2.44. The molecule has 0 aliphatic heterocycles. The van der Waals surface area contributed by atoms with E-state index in [-0.39, 0.29) is 25.6 Å². The fourth-order valence-corrected chi connectivity index (χ4v) is 4.44. The minimum Gasteiger partial charge on any atom is -0.479 e. The molecule has 1 amide bonds. The van der Waals surface area contributed by atoms with Crippen LogP contribution in [0.25, 0.3) is 11.1 Å². The van der Waals surface area contributed by atoms with Gasteiger partial charge in [-0.15, -0.1) is 0 Å². The van der Waals surface area contributed by atoms with Gasteiger partial charge in [0.25, 0.3) is 0 Å². The number of hydrogen-bond acceptors (Lipinski definition) is 4. The van der Waals surface area contributed by atoms with Crippen LogP contribution in [0, 0.1) is 0 Å². The van der Waals surface area contributed by atoms with Gasteiger partial charge in [0.15, 0.2) is 5.54 Å². The van der Waals surface area contributed by atoms with Crippen LogP contribution in [0.4, 0.5) is 4.79 Å². The van der Waals surface area contributed by atoms with Crippen molar-refractivity contribution in [2.75, 3.05) is 13.2 Å². The van der Waals surface area contributed by atoms with Crippen LogP contribution in [-0.2, 0) is 20.7 Å². The zero-order valence-electron chi connectivity index (χ0n) is 20.3. The monoisotopic (exact) mass is 473 g/mol. The number of alkyl carbamates (subject to hydrolysis) is 1. The molecule has 0 aromatic heterocycles. The predicted octanol–water partition coefficient (Wildman–Crippen LogP) is 5.41. The summed E-state index contributed by atoms with van der Waals surface area (Å²) in [6.07, 6.45) is -0.730. The fraction of sp³-hybridized carbons (Fsp3) is 0.310. The maximum Gasteiger partial charge on any atom is 0.408 e. The summed E-state index contributed by atoms with van der Waals surface area (Å²) in [4.78, 5) is 25.5. The Bertz CT molecular complexity index is 1160. The van der Waals surface area contributed by atoms with Gasteiger partial charge in [-0.25, -0.2) is 9.59 Å². The number of hydrogen-bond donors (Lipinski definition) is 2. The van der Waals surface area contributed by atoms with Gasteiger partial charge in [0.2, 0.25) is 0 Å². The van der Waals surface area contributed by atoms with Crippen LogP contribution in [0.2, 0.25) is 0 Å². The number of nitrogens with one attached hydrogen (secondary N) is 1. The third-order valence-corrected chi connectivity index (χ3v) is 6.19. The highest BCUT2D eigenvalue weighted by molar-refractivity contribution is 5.85. The third kappa shape index (κ3) is 5.54. The standard InChI is InChI=1S/C29H31NO5/c1-28(2,3)35-19-29(26(31)32,17-20-11-5-4-6-12-20)30-27(33)34-18-25-23-15-9-7-13-21(23)22-14-8-10-16-24(22)25/h4-16,25H,17-19H2,1-3H3,(H,30,33)(H,31,32)/t29-/m0/s1. The van der Waals surface area contributed by atoms with Crippen LogP contribution in [0.15, 0.2) is 78.9 Å². The Morgan fingerprint density at radius 2 is 1.40 bits per heavy atom. The number of carboxylic acids is 1. The van der Waals surface area contributed by atoms with Gasteiger partial charge in [0, 0.05) is 12.3 Å². The second kappa shape index (κ2) is 9.92. The molecule has 2 N–H and O–H groups in total. The Balaban J connectivity index is 1.53. The largest absolute Gasteiger partial charge is 0.479 e. The molecule has 0 heterocycles. The van der Waals surface area contributed by atoms with E-state index in [2.05, 4.69) is 17.4 Å². The van der Waals surface area contributed by atoms with Crippen molar-refractivity contribution in [2.24, 2.45) is 0 Å². The molecular weight excluding hydrogens is 442 g/mol. The first kappa shape index (κ1) is 24.5. The lowest BCUT2D eigenvalue weighted by Gasteiger charge is -2.33. The molecule has 0 fully saturated rings. The minimum absolute atomic E-state index is 0.0590. The predicted molar refractivity (Wildman–Crippen MR) is 134 cm³/mol. The van der Waals surface area contributed by atoms with E-state index in [1.807, 2.05) is 87.5 Å². The molecule has 182 valence electrons. The van der Waals surface area contributed by atoms with Gasteiger partial charge in [-0.3, -0.25) is 0 Å². The first-order valence-corrected chi connectivity index (χ1v) is 11.7. The van der Waals surface area contributed by atoms with Gasteiger partial charge in [0.1, 0.15) is 6.61 Å². The minimum atomic E-state index is -1.68. The maximum atomic E-state index is 13.0. The summed E-state index contributed by atoms with van der Waals surface area (Å²) in [5, 5.41) is 12.9. The molecule has 3 aromatic carbocycles. The normalized spacial score (nSPS) is 14.5. The number of carbonyl (C=O) groups is 2. The van der Waals surface area contributed by atoms with E-state index in [1.54, 1.807) is 0 Å². The number of benzene rings is 3. The van der Waals surface area contributed by atoms with Crippen molar-refractivity contribution in [3.63, 3.8) is 0 Å². The molecule has 0 saturated carbocycles. The molecule has 0 saturated heterocycles. The van der Waals surface area contributed by atoms with Crippen LogP contribution < -0.4 is 5.32 Å². The van der Waals surface area contributed by atoms with E-state index in [1.165, 1.54) is 0 Å². The van der Waals surface area contributed by atoms with Crippen molar-refractivity contribution in [2.45, 2.75) is 44.2 Å². The smallest absolute Gasteiger partial charge is 0.408 e. The van der Waals surface area contributed by atoms with Gasteiger partial charge in [-0.05, 0) is 48.6 Å². The summed E-state index contributed by atoms with van der Waals surface area (Å²) in [6, 6.07) is 25.3. The topological polar surface area (TPSA) is 84.9 Å². The number of aliphatic carboxylic acids is 1. The van der Waals surface area contributed by atoms with Crippen LogP contribution >= 0.6 is 0 Å². The van der Waals surface area contributed by atoms with Crippen molar-refractivity contribution in [1.82, 2.24) is 5.32 Å². The lowest BCUT2D eigenvalue weighted by atomic mass is 9.91. The summed E-state index contributed by atoms with van der Waals surface area (Å²) in [5.41, 5.74) is 2.93. The van der Waals surface area contributed by atoms with Gasteiger partial charge in [-0.1, -0.05) is 78.9 Å². The van der Waals surface area contributed by atoms with E-state index in [4.69, 9.17) is 9.47 Å². The summed E-state index contributed by atoms with van der Waals surface area (Å²) in [6.45, 7) is 5.42. The molecule has 0 spiro atoms. The number of carboxylic acid groups (broad SMARTS) is 1. The fourth-order valence-electron chi connectivity index (χ4n) is 4.44. The van der Waals surface area contributed by atoms with E-state index in [9.17, 15) is 14.7 Å². The molecule has 0 radical (unpaired) electrons. The van der Waals surface area contributed by atoms with Gasteiger partial charge < -0.3 is 19.9 Å². The maximum absolute atomic E-state index is 13.0. The van der Waals surface area contributed by atoms with Crippen molar-refractivity contribution in [1.29, 1.82) is 0 Å². The van der Waals surface area contributed by atoms with E-state index in [0.29, 0.717) is 0 Å². The Kier molecular flexibility index (Phi) is 6.94. The quantitative estimate of drug-likeness (QED) is 0.457. The molecule has 3 aromatic rings. The van der Waals surface area contributed by atoms with Crippen molar-refractivity contribution in [3.05, 3.63) is 95.6 Å². The van der Waals surface area contributed by atoms with Crippen LogP contribution in [-0.4, -0.2) is 41.5 Å². The molecule has 35 heavy (non-hydrogen) atoms. The number of rotatable bonds is 8. The molecule has 0 unspecified atom stereocenters. The second-order valence-corrected chi connectivity index (χ2v) is 9.90. The van der Waals surface area contributed by atoms with Crippen LogP contribution in [0.1, 0.15) is 43.4 Å². The Labute approximate surface area is 205 Å². The molecular formula is C29H31NO5. The Morgan fingerprint density at radius 3 is 1.94 bits per heavy atom. The SMILES string of the molecule is CC(C)(C)OC[C@](Cc1ccccc1)(NC(=O)OCC1c2ccccc2-c2ccccc21)C(=O)O. The van der Waals surface area contributed by atoms with Gasteiger partial charge in [0.05, 0.1) is 12.2 Å².